The molecular weight excluding hydrogens is 545 g/mol. The van der Waals surface area contributed by atoms with Gasteiger partial charge in [-0.05, 0) is 35.6 Å². The van der Waals surface area contributed by atoms with Gasteiger partial charge >= 0.3 is 6.18 Å². The highest BCUT2D eigenvalue weighted by Gasteiger charge is 2.35. The molecule has 0 N–H and O–H groups in total. The summed E-state index contributed by atoms with van der Waals surface area (Å²) >= 11 is 0.731. The number of hydrogen-bond acceptors (Lipinski definition) is 8. The van der Waals surface area contributed by atoms with Crippen LogP contribution in [0.1, 0.15) is 38.3 Å². The summed E-state index contributed by atoms with van der Waals surface area (Å²) < 4.78 is 67.1. The van der Waals surface area contributed by atoms with E-state index in [2.05, 4.69) is 25.8 Å². The van der Waals surface area contributed by atoms with Gasteiger partial charge in [-0.1, -0.05) is 44.2 Å². The number of aromatic nitrogens is 1. The van der Waals surface area contributed by atoms with Crippen LogP contribution in [0.25, 0.3) is 10.1 Å². The summed E-state index contributed by atoms with van der Waals surface area (Å²) in [5.41, 5.74) is -2.23. The smallest absolute Gasteiger partial charge is 0.345 e. The molecule has 3 aromatic rings. The molecule has 1 fully saturated rings. The number of hydrogen-bond donors (Lipinski definition) is 0. The summed E-state index contributed by atoms with van der Waals surface area (Å²) in [5, 5.41) is 11.1. The molecule has 0 saturated carbocycles. The lowest BCUT2D eigenvalue weighted by Gasteiger charge is -2.34. The van der Waals surface area contributed by atoms with Crippen molar-refractivity contribution in [1.82, 2.24) is 9.29 Å². The molecule has 0 amide bonds. The van der Waals surface area contributed by atoms with E-state index >= 15 is 0 Å². The van der Waals surface area contributed by atoms with Crippen LogP contribution >= 0.6 is 11.3 Å². The molecule has 0 spiro atoms. The van der Waals surface area contributed by atoms with E-state index < -0.39 is 43.3 Å². The van der Waals surface area contributed by atoms with Gasteiger partial charge in [0, 0.05) is 32.2 Å². The number of anilines is 1. The number of benzene rings is 2. The number of nitrogens with zero attached hydrogens (tertiary/aromatic N) is 4. The normalized spacial score (nSPS) is 15.7. The summed E-state index contributed by atoms with van der Waals surface area (Å²) in [6.07, 6.45) is -3.98. The molecule has 1 aliphatic rings. The minimum atomic E-state index is -4.87. The predicted molar refractivity (Wildman–Crippen MR) is 138 cm³/mol. The molecule has 0 radical (unpaired) electrons. The van der Waals surface area contributed by atoms with Crippen molar-refractivity contribution >= 4 is 42.3 Å². The zero-order valence-corrected chi connectivity index (χ0v) is 22.4. The van der Waals surface area contributed by atoms with Gasteiger partial charge < -0.3 is 4.90 Å². The largest absolute Gasteiger partial charge is 0.416 e. The van der Waals surface area contributed by atoms with Gasteiger partial charge in [-0.3, -0.25) is 14.9 Å². The SMILES string of the molecule is CCC(C)(C)c1ccc(S(=O)(=O)N2CCN(c3nc(=O)c4cc(C(F)(F)F)cc([N+](=O)[O-])c4s3)CC2)cc1. The zero-order valence-electron chi connectivity index (χ0n) is 20.8. The first-order valence-electron chi connectivity index (χ1n) is 11.7. The van der Waals surface area contributed by atoms with Crippen LogP contribution in [0.4, 0.5) is 24.0 Å². The lowest BCUT2D eigenvalue weighted by molar-refractivity contribution is -0.383. The fourth-order valence-electron chi connectivity index (χ4n) is 4.13. The molecular formula is C24H25F3N4O5S2. The van der Waals surface area contributed by atoms with Crippen LogP contribution in [0.5, 0.6) is 0 Å². The average molecular weight is 571 g/mol. The first-order valence-corrected chi connectivity index (χ1v) is 14.0. The lowest BCUT2D eigenvalue weighted by atomic mass is 9.82. The van der Waals surface area contributed by atoms with E-state index in [1.165, 1.54) is 4.31 Å². The van der Waals surface area contributed by atoms with Crippen molar-refractivity contribution in [2.45, 2.75) is 43.7 Å². The zero-order chi connectivity index (χ0) is 28.0. The number of halogens is 3. The van der Waals surface area contributed by atoms with E-state index in [4.69, 9.17) is 0 Å². The Kier molecular flexibility index (Phi) is 7.27. The van der Waals surface area contributed by atoms with Crippen LogP contribution in [0, 0.1) is 10.1 Å². The van der Waals surface area contributed by atoms with Crippen LogP contribution in [0.15, 0.2) is 46.1 Å². The van der Waals surface area contributed by atoms with Crippen molar-refractivity contribution < 1.29 is 26.5 Å². The van der Waals surface area contributed by atoms with Crippen LogP contribution in [0.2, 0.25) is 0 Å². The Bertz CT molecular complexity index is 1550. The van der Waals surface area contributed by atoms with Gasteiger partial charge in [0.2, 0.25) is 10.0 Å². The van der Waals surface area contributed by atoms with E-state index in [9.17, 15) is 36.5 Å². The Labute approximate surface area is 220 Å². The highest BCUT2D eigenvalue weighted by molar-refractivity contribution is 7.89. The number of nitro benzene ring substituents is 1. The maximum atomic E-state index is 13.2. The quantitative estimate of drug-likeness (QED) is 0.310. The number of piperazine rings is 1. The van der Waals surface area contributed by atoms with E-state index in [0.29, 0.717) is 12.1 Å². The monoisotopic (exact) mass is 570 g/mol. The summed E-state index contributed by atoms with van der Waals surface area (Å²) in [6.45, 7) is 6.64. The first-order chi connectivity index (χ1) is 17.6. The summed E-state index contributed by atoms with van der Waals surface area (Å²) in [7, 11) is -3.78. The first kappa shape index (κ1) is 27.9. The summed E-state index contributed by atoms with van der Waals surface area (Å²) in [6, 6.07) is 7.74. The Hall–Kier alpha value is -3.10. The minimum Gasteiger partial charge on any atom is -0.345 e. The lowest BCUT2D eigenvalue weighted by Crippen LogP contribution is -2.49. The van der Waals surface area contributed by atoms with Gasteiger partial charge in [-0.25, -0.2) is 8.42 Å². The third kappa shape index (κ3) is 5.24. The number of rotatable bonds is 6. The molecule has 2 aromatic carbocycles. The van der Waals surface area contributed by atoms with E-state index in [1.807, 2.05) is 0 Å². The molecule has 204 valence electrons. The third-order valence-electron chi connectivity index (χ3n) is 6.88. The molecule has 0 bridgehead atoms. The van der Waals surface area contributed by atoms with Crippen LogP contribution in [0.3, 0.4) is 0 Å². The highest BCUT2D eigenvalue weighted by Crippen LogP contribution is 2.38. The molecule has 0 unspecified atom stereocenters. The molecule has 0 atom stereocenters. The maximum Gasteiger partial charge on any atom is 0.416 e. The standard InChI is InChI=1S/C24H25F3N4O5S2/c1-4-23(2,3)15-5-7-17(8-6-15)38(35,36)30-11-9-29(10-12-30)22-28-21(32)18-13-16(24(25,26)27)14-19(31(33)34)20(18)37-22/h5-8,13-14H,4,9-12H2,1-3H3. The maximum absolute atomic E-state index is 13.2. The van der Waals surface area contributed by atoms with Crippen molar-refractivity contribution in [3.63, 3.8) is 0 Å². The van der Waals surface area contributed by atoms with Crippen molar-refractivity contribution in [2.75, 3.05) is 31.1 Å². The second kappa shape index (κ2) is 9.89. The van der Waals surface area contributed by atoms with Crippen LogP contribution in [-0.2, 0) is 21.6 Å². The van der Waals surface area contributed by atoms with Crippen molar-refractivity contribution in [3.8, 4) is 0 Å². The Balaban J connectivity index is 1.58. The Morgan fingerprint density at radius 1 is 1.05 bits per heavy atom. The van der Waals surface area contributed by atoms with Crippen molar-refractivity contribution in [2.24, 2.45) is 0 Å². The molecule has 0 aliphatic carbocycles. The second-order valence-electron chi connectivity index (χ2n) is 9.58. The number of alkyl halides is 3. The minimum absolute atomic E-state index is 0.0697. The summed E-state index contributed by atoms with van der Waals surface area (Å²) in [4.78, 5) is 28.8. The summed E-state index contributed by atoms with van der Waals surface area (Å²) in [5.74, 6) is 0. The molecule has 1 saturated heterocycles. The van der Waals surface area contributed by atoms with E-state index in [-0.39, 0.29) is 46.3 Å². The van der Waals surface area contributed by atoms with E-state index in [1.54, 1.807) is 29.2 Å². The second-order valence-corrected chi connectivity index (χ2v) is 12.5. The number of fused-ring (bicyclic) bond motifs is 1. The van der Waals surface area contributed by atoms with Gasteiger partial charge in [0.15, 0.2) is 5.13 Å². The van der Waals surface area contributed by atoms with Gasteiger partial charge in [-0.2, -0.15) is 22.5 Å². The van der Waals surface area contributed by atoms with Crippen molar-refractivity contribution in [1.29, 1.82) is 0 Å². The van der Waals surface area contributed by atoms with Crippen molar-refractivity contribution in [3.05, 3.63) is 68.0 Å². The molecule has 14 heteroatoms. The molecule has 1 aliphatic heterocycles. The van der Waals surface area contributed by atoms with Gasteiger partial charge in [0.1, 0.15) is 4.70 Å². The van der Waals surface area contributed by atoms with Gasteiger partial charge in [0.05, 0.1) is 20.8 Å². The number of nitro groups is 1. The predicted octanol–water partition coefficient (Wildman–Crippen LogP) is 4.78. The molecule has 4 rings (SSSR count). The average Bonchev–Trinajstić information content (AvgIpc) is 2.87. The highest BCUT2D eigenvalue weighted by atomic mass is 32.2. The molecule has 38 heavy (non-hydrogen) atoms. The van der Waals surface area contributed by atoms with E-state index in [0.717, 1.165) is 23.3 Å². The molecule has 1 aromatic heterocycles. The molecule has 9 nitrogen and oxygen atoms in total. The number of sulfonamides is 1. The fraction of sp³-hybridized carbons (Fsp3) is 0.417. The van der Waals surface area contributed by atoms with Gasteiger partial charge in [0.25, 0.3) is 11.2 Å². The fourth-order valence-corrected chi connectivity index (χ4v) is 6.67. The number of non-ortho nitro benzene ring substituents is 1. The van der Waals surface area contributed by atoms with Gasteiger partial charge in [-0.15, -0.1) is 0 Å². The van der Waals surface area contributed by atoms with Crippen LogP contribution in [-0.4, -0.2) is 48.8 Å². The Morgan fingerprint density at radius 2 is 1.66 bits per heavy atom. The Morgan fingerprint density at radius 3 is 2.18 bits per heavy atom. The third-order valence-corrected chi connectivity index (χ3v) is 9.96. The topological polar surface area (TPSA) is 114 Å². The molecule has 2 heterocycles. The van der Waals surface area contributed by atoms with Crippen LogP contribution < -0.4 is 10.5 Å².